The van der Waals surface area contributed by atoms with Crippen LogP contribution in [-0.2, 0) is 12.7 Å². The van der Waals surface area contributed by atoms with Crippen LogP contribution < -0.4 is 4.90 Å². The molecule has 3 aromatic rings. The maximum atomic E-state index is 12.7. The molecule has 0 spiro atoms. The summed E-state index contributed by atoms with van der Waals surface area (Å²) >= 11 is 0. The number of H-pyrrole nitrogens is 1. The topological polar surface area (TPSA) is 57.7 Å². The first-order valence-electron chi connectivity index (χ1n) is 6.48. The van der Waals surface area contributed by atoms with E-state index in [4.69, 9.17) is 0 Å². The van der Waals surface area contributed by atoms with E-state index in [0.29, 0.717) is 5.82 Å². The lowest BCUT2D eigenvalue weighted by Gasteiger charge is -2.16. The fourth-order valence-corrected chi connectivity index (χ4v) is 2.07. The summed E-state index contributed by atoms with van der Waals surface area (Å²) in [5.41, 5.74) is 0.709. The second-order valence-electron chi connectivity index (χ2n) is 4.80. The molecule has 2 aromatic heterocycles. The van der Waals surface area contributed by atoms with E-state index in [0.717, 1.165) is 23.3 Å². The van der Waals surface area contributed by atoms with Gasteiger partial charge in [-0.1, -0.05) is 12.1 Å². The van der Waals surface area contributed by atoms with Crippen molar-refractivity contribution in [2.24, 2.45) is 0 Å². The second kappa shape index (κ2) is 5.28. The highest BCUT2D eigenvalue weighted by Gasteiger charge is 2.33. The second-order valence-corrected chi connectivity index (χ2v) is 4.80. The highest BCUT2D eigenvalue weighted by atomic mass is 19.4. The first kappa shape index (κ1) is 14.3. The quantitative estimate of drug-likeness (QED) is 0.808. The molecule has 0 unspecified atom stereocenters. The van der Waals surface area contributed by atoms with Gasteiger partial charge in [-0.05, 0) is 18.2 Å². The van der Waals surface area contributed by atoms with Crippen molar-refractivity contribution in [3.05, 3.63) is 48.0 Å². The Labute approximate surface area is 123 Å². The van der Waals surface area contributed by atoms with Crippen LogP contribution in [0.15, 0.2) is 36.5 Å². The normalized spacial score (nSPS) is 11.8. The molecule has 0 saturated heterocycles. The predicted octanol–water partition coefficient (Wildman–Crippen LogP) is 3.01. The van der Waals surface area contributed by atoms with Gasteiger partial charge < -0.3 is 9.88 Å². The van der Waals surface area contributed by atoms with Gasteiger partial charge >= 0.3 is 6.18 Å². The largest absolute Gasteiger partial charge is 0.433 e. The Morgan fingerprint density at radius 1 is 1.14 bits per heavy atom. The Bertz CT molecular complexity index is 763. The molecule has 3 rings (SSSR count). The van der Waals surface area contributed by atoms with Gasteiger partial charge in [0.2, 0.25) is 5.95 Å². The van der Waals surface area contributed by atoms with E-state index in [9.17, 15) is 13.2 Å². The van der Waals surface area contributed by atoms with E-state index in [-0.39, 0.29) is 12.5 Å². The predicted molar refractivity (Wildman–Crippen MR) is 75.2 cm³/mol. The van der Waals surface area contributed by atoms with Gasteiger partial charge in [0.1, 0.15) is 11.5 Å². The van der Waals surface area contributed by atoms with E-state index < -0.39 is 11.9 Å². The van der Waals surface area contributed by atoms with Crippen molar-refractivity contribution >= 4 is 17.0 Å². The van der Waals surface area contributed by atoms with Crippen LogP contribution in [0.25, 0.3) is 11.0 Å². The molecule has 1 N–H and O–H groups in total. The highest BCUT2D eigenvalue weighted by Crippen LogP contribution is 2.28. The molecule has 0 aliphatic carbocycles. The van der Waals surface area contributed by atoms with Gasteiger partial charge in [-0.2, -0.15) is 13.2 Å². The van der Waals surface area contributed by atoms with E-state index in [2.05, 4.69) is 19.9 Å². The fourth-order valence-electron chi connectivity index (χ4n) is 2.07. The lowest BCUT2D eigenvalue weighted by atomic mass is 10.3. The lowest BCUT2D eigenvalue weighted by Crippen LogP contribution is -2.21. The molecule has 1 aromatic carbocycles. The van der Waals surface area contributed by atoms with E-state index >= 15 is 0 Å². The Morgan fingerprint density at radius 2 is 1.91 bits per heavy atom. The Morgan fingerprint density at radius 3 is 2.64 bits per heavy atom. The smallest absolute Gasteiger partial charge is 0.340 e. The molecule has 114 valence electrons. The van der Waals surface area contributed by atoms with E-state index in [1.54, 1.807) is 7.05 Å². The van der Waals surface area contributed by atoms with E-state index in [1.807, 2.05) is 24.3 Å². The first-order chi connectivity index (χ1) is 10.4. The van der Waals surface area contributed by atoms with Crippen molar-refractivity contribution in [2.45, 2.75) is 12.7 Å². The summed E-state index contributed by atoms with van der Waals surface area (Å²) in [6.45, 7) is 0.274. The van der Waals surface area contributed by atoms with Gasteiger partial charge in [-0.25, -0.2) is 15.0 Å². The minimum atomic E-state index is -4.49. The monoisotopic (exact) mass is 307 g/mol. The number of aromatic amines is 1. The molecule has 0 amide bonds. The number of benzene rings is 1. The number of aromatic nitrogens is 4. The van der Waals surface area contributed by atoms with Crippen LogP contribution in [0.3, 0.4) is 0 Å². The van der Waals surface area contributed by atoms with Gasteiger partial charge in [0.05, 0.1) is 17.6 Å². The molecule has 0 radical (unpaired) electrons. The van der Waals surface area contributed by atoms with Crippen molar-refractivity contribution < 1.29 is 13.2 Å². The third-order valence-corrected chi connectivity index (χ3v) is 3.10. The average Bonchev–Trinajstić information content (AvgIpc) is 2.88. The van der Waals surface area contributed by atoms with Crippen molar-refractivity contribution in [2.75, 3.05) is 11.9 Å². The number of imidazole rings is 1. The minimum absolute atomic E-state index is 0.00437. The number of halogens is 3. The summed E-state index contributed by atoms with van der Waals surface area (Å²) < 4.78 is 38.0. The number of hydrogen-bond acceptors (Lipinski definition) is 4. The molecule has 8 heteroatoms. The Balaban J connectivity index is 1.83. The number of anilines is 1. The maximum absolute atomic E-state index is 12.7. The third-order valence-electron chi connectivity index (χ3n) is 3.10. The summed E-state index contributed by atoms with van der Waals surface area (Å²) in [5.74, 6) is 0.625. The summed E-state index contributed by atoms with van der Waals surface area (Å²) in [6, 6.07) is 8.33. The molecular weight excluding hydrogens is 295 g/mol. The van der Waals surface area contributed by atoms with Crippen LogP contribution in [0.4, 0.5) is 19.1 Å². The zero-order chi connectivity index (χ0) is 15.7. The SMILES string of the molecule is CN(Cc1nc2ccccc2[nH]1)c1nccc(C(F)(F)F)n1. The minimum Gasteiger partial charge on any atom is -0.340 e. The van der Waals surface area contributed by atoms with Crippen LogP contribution in [-0.4, -0.2) is 27.0 Å². The molecule has 22 heavy (non-hydrogen) atoms. The fraction of sp³-hybridized carbons (Fsp3) is 0.214. The van der Waals surface area contributed by atoms with Crippen molar-refractivity contribution in [1.82, 2.24) is 19.9 Å². The highest BCUT2D eigenvalue weighted by molar-refractivity contribution is 5.74. The van der Waals surface area contributed by atoms with Gasteiger partial charge in [0, 0.05) is 13.2 Å². The maximum Gasteiger partial charge on any atom is 0.433 e. The molecule has 0 saturated carbocycles. The molecular formula is C14H12F3N5. The van der Waals surface area contributed by atoms with Gasteiger partial charge in [0.25, 0.3) is 0 Å². The number of nitrogens with zero attached hydrogens (tertiary/aromatic N) is 4. The molecule has 0 aliphatic rings. The Kier molecular flexibility index (Phi) is 3.44. The third kappa shape index (κ3) is 2.85. The van der Waals surface area contributed by atoms with Gasteiger partial charge in [-0.15, -0.1) is 0 Å². The van der Waals surface area contributed by atoms with Gasteiger partial charge in [-0.3, -0.25) is 0 Å². The summed E-state index contributed by atoms with van der Waals surface area (Å²) in [5, 5.41) is 0. The number of para-hydroxylation sites is 2. The zero-order valence-electron chi connectivity index (χ0n) is 11.6. The van der Waals surface area contributed by atoms with Crippen LogP contribution in [0, 0.1) is 0 Å². The number of alkyl halides is 3. The molecule has 0 atom stereocenters. The lowest BCUT2D eigenvalue weighted by molar-refractivity contribution is -0.141. The number of fused-ring (bicyclic) bond motifs is 1. The number of rotatable bonds is 3. The number of nitrogens with one attached hydrogen (secondary N) is 1. The number of hydrogen-bond donors (Lipinski definition) is 1. The standard InChI is InChI=1S/C14H12F3N5/c1-22(13-18-7-6-11(21-13)14(15,16)17)8-12-19-9-4-2-3-5-10(9)20-12/h2-7H,8H2,1H3,(H,19,20). The van der Waals surface area contributed by atoms with Gasteiger partial charge in [0.15, 0.2) is 0 Å². The molecule has 5 nitrogen and oxygen atoms in total. The molecule has 0 fully saturated rings. The van der Waals surface area contributed by atoms with Crippen LogP contribution in [0.5, 0.6) is 0 Å². The van der Waals surface area contributed by atoms with Crippen molar-refractivity contribution in [1.29, 1.82) is 0 Å². The molecule has 0 aliphatic heterocycles. The zero-order valence-corrected chi connectivity index (χ0v) is 11.6. The summed E-state index contributed by atoms with van der Waals surface area (Å²) in [7, 11) is 1.61. The van der Waals surface area contributed by atoms with Crippen LogP contribution in [0.2, 0.25) is 0 Å². The molecule has 2 heterocycles. The van der Waals surface area contributed by atoms with Crippen LogP contribution in [0.1, 0.15) is 11.5 Å². The summed E-state index contributed by atoms with van der Waals surface area (Å²) in [6.07, 6.45) is -3.39. The Hall–Kier alpha value is -2.64. The first-order valence-corrected chi connectivity index (χ1v) is 6.48. The van der Waals surface area contributed by atoms with Crippen molar-refractivity contribution in [3.8, 4) is 0 Å². The molecule has 0 bridgehead atoms. The van der Waals surface area contributed by atoms with Crippen molar-refractivity contribution in [3.63, 3.8) is 0 Å². The summed E-state index contributed by atoms with van der Waals surface area (Å²) in [4.78, 5) is 16.4. The van der Waals surface area contributed by atoms with E-state index in [1.165, 1.54) is 4.90 Å². The average molecular weight is 307 g/mol. The van der Waals surface area contributed by atoms with Crippen LogP contribution >= 0.6 is 0 Å².